The monoisotopic (exact) mass is 508 g/mol. The minimum atomic E-state index is -0.450. The third-order valence-electron chi connectivity index (χ3n) is 6.04. The Labute approximate surface area is 213 Å². The van der Waals surface area contributed by atoms with Gasteiger partial charge in [0.25, 0.3) is 0 Å². The molecule has 1 aliphatic heterocycles. The van der Waals surface area contributed by atoms with Crippen LogP contribution in [0.4, 0.5) is 22.0 Å². The standard InChI is InChI=1S/C25H29FN8O3/c1-14(35)29-19-10-16(6-8-27-19)37-20-11-18-17(12-28-20)30-24(33(18)5)31-23-21(26)22(25(2,3)4)34(32-23)15-7-9-36-13-15/h6,8,10-12,15H,7,9,13H2,1-5H3,(H,27,29,35)(H,30,31,32)/t15-/m0/s1. The number of hydrogen-bond acceptors (Lipinski definition) is 8. The smallest absolute Gasteiger partial charge is 0.222 e. The van der Waals surface area contributed by atoms with E-state index in [1.165, 1.54) is 13.1 Å². The van der Waals surface area contributed by atoms with Crippen molar-refractivity contribution in [1.29, 1.82) is 0 Å². The van der Waals surface area contributed by atoms with Crippen molar-refractivity contribution in [3.63, 3.8) is 0 Å². The highest BCUT2D eigenvalue weighted by Crippen LogP contribution is 2.35. The normalized spacial score (nSPS) is 15.8. The van der Waals surface area contributed by atoms with Crippen molar-refractivity contribution in [1.82, 2.24) is 29.3 Å². The fourth-order valence-electron chi connectivity index (χ4n) is 4.34. The topological polar surface area (TPSA) is 121 Å². The SMILES string of the molecule is CC(=O)Nc1cc(Oc2cc3c(cn2)nc(Nc2nn([C@H]4CCOC4)c(C(C)(C)C)c2F)n3C)ccn1. The Kier molecular flexibility index (Phi) is 6.28. The lowest BCUT2D eigenvalue weighted by molar-refractivity contribution is -0.114. The van der Waals surface area contributed by atoms with E-state index in [-0.39, 0.29) is 17.8 Å². The molecule has 1 atom stereocenters. The van der Waals surface area contributed by atoms with E-state index in [2.05, 4.69) is 30.7 Å². The summed E-state index contributed by atoms with van der Waals surface area (Å²) in [6.07, 6.45) is 3.90. The van der Waals surface area contributed by atoms with Crippen molar-refractivity contribution < 1.29 is 18.7 Å². The largest absolute Gasteiger partial charge is 0.439 e. The van der Waals surface area contributed by atoms with E-state index >= 15 is 4.39 Å². The molecule has 1 fully saturated rings. The molecule has 5 heterocycles. The first-order chi connectivity index (χ1) is 17.6. The molecule has 4 aromatic rings. The number of fused-ring (bicyclic) bond motifs is 1. The highest BCUT2D eigenvalue weighted by Gasteiger charge is 2.33. The Morgan fingerprint density at radius 3 is 2.78 bits per heavy atom. The number of rotatable bonds is 6. The molecule has 1 aliphatic rings. The van der Waals surface area contributed by atoms with Crippen LogP contribution in [0.25, 0.3) is 11.0 Å². The van der Waals surface area contributed by atoms with Crippen LogP contribution in [0.15, 0.2) is 30.6 Å². The Morgan fingerprint density at radius 1 is 1.27 bits per heavy atom. The van der Waals surface area contributed by atoms with Crippen molar-refractivity contribution in [2.75, 3.05) is 23.8 Å². The summed E-state index contributed by atoms with van der Waals surface area (Å²) < 4.78 is 30.6. The van der Waals surface area contributed by atoms with Gasteiger partial charge in [-0.15, -0.1) is 0 Å². The van der Waals surface area contributed by atoms with Crippen LogP contribution in [0.3, 0.4) is 0 Å². The van der Waals surface area contributed by atoms with E-state index in [0.717, 1.165) is 11.9 Å². The van der Waals surface area contributed by atoms with Crippen LogP contribution in [-0.2, 0) is 22.0 Å². The molecule has 194 valence electrons. The highest BCUT2D eigenvalue weighted by molar-refractivity contribution is 5.87. The number of carbonyl (C=O) groups excluding carboxylic acids is 1. The first-order valence-corrected chi connectivity index (χ1v) is 12.0. The number of halogens is 1. The Morgan fingerprint density at radius 2 is 2.08 bits per heavy atom. The fraction of sp³-hybridized carbons (Fsp3) is 0.400. The van der Waals surface area contributed by atoms with E-state index in [1.807, 2.05) is 27.8 Å². The first-order valence-electron chi connectivity index (χ1n) is 12.0. The fourth-order valence-corrected chi connectivity index (χ4v) is 4.34. The number of hydrogen-bond donors (Lipinski definition) is 2. The van der Waals surface area contributed by atoms with Crippen LogP contribution >= 0.6 is 0 Å². The predicted molar refractivity (Wildman–Crippen MR) is 136 cm³/mol. The summed E-state index contributed by atoms with van der Waals surface area (Å²) in [6.45, 7) is 8.44. The van der Waals surface area contributed by atoms with Gasteiger partial charge in [0, 0.05) is 44.3 Å². The molecule has 0 saturated carbocycles. The van der Waals surface area contributed by atoms with Crippen molar-refractivity contribution in [2.45, 2.75) is 45.6 Å². The van der Waals surface area contributed by atoms with Gasteiger partial charge in [-0.3, -0.25) is 9.48 Å². The molecule has 0 unspecified atom stereocenters. The molecule has 1 saturated heterocycles. The summed E-state index contributed by atoms with van der Waals surface area (Å²) in [5.74, 6) is 1.06. The Balaban J connectivity index is 1.43. The molecule has 11 nitrogen and oxygen atoms in total. The summed E-state index contributed by atoms with van der Waals surface area (Å²) in [6, 6.07) is 4.99. The molecule has 5 rings (SSSR count). The second kappa shape index (κ2) is 9.43. The quantitative estimate of drug-likeness (QED) is 0.392. The lowest BCUT2D eigenvalue weighted by atomic mass is 9.91. The van der Waals surface area contributed by atoms with Crippen LogP contribution in [0.5, 0.6) is 11.6 Å². The van der Waals surface area contributed by atoms with E-state index in [0.29, 0.717) is 47.8 Å². The number of aryl methyl sites for hydroxylation is 1. The molecule has 0 spiro atoms. The van der Waals surface area contributed by atoms with Gasteiger partial charge in [-0.2, -0.15) is 5.10 Å². The Hall–Kier alpha value is -4.06. The third-order valence-corrected chi connectivity index (χ3v) is 6.04. The van der Waals surface area contributed by atoms with Gasteiger partial charge < -0.3 is 24.7 Å². The maximum absolute atomic E-state index is 15.6. The van der Waals surface area contributed by atoms with Crippen LogP contribution in [0.2, 0.25) is 0 Å². The van der Waals surface area contributed by atoms with Crippen LogP contribution in [0.1, 0.15) is 45.9 Å². The maximum Gasteiger partial charge on any atom is 0.222 e. The summed E-state index contributed by atoms with van der Waals surface area (Å²) in [7, 11) is 1.81. The molecule has 37 heavy (non-hydrogen) atoms. The zero-order chi connectivity index (χ0) is 26.3. The van der Waals surface area contributed by atoms with E-state index in [9.17, 15) is 4.79 Å². The highest BCUT2D eigenvalue weighted by atomic mass is 19.1. The van der Waals surface area contributed by atoms with Gasteiger partial charge in [-0.1, -0.05) is 20.8 Å². The van der Waals surface area contributed by atoms with Gasteiger partial charge in [-0.05, 0) is 12.5 Å². The van der Waals surface area contributed by atoms with Crippen molar-refractivity contribution in [3.8, 4) is 11.6 Å². The van der Waals surface area contributed by atoms with Crippen molar-refractivity contribution in [2.24, 2.45) is 7.05 Å². The molecule has 12 heteroatoms. The number of anilines is 3. The first kappa shape index (κ1) is 24.6. The third kappa shape index (κ3) is 4.96. The lowest BCUT2D eigenvalue weighted by Gasteiger charge is -2.22. The number of pyridine rings is 2. The summed E-state index contributed by atoms with van der Waals surface area (Å²) in [5, 5.41) is 10.3. The molecule has 4 aromatic heterocycles. The van der Waals surface area contributed by atoms with Crippen LogP contribution < -0.4 is 15.4 Å². The molecule has 0 bridgehead atoms. The summed E-state index contributed by atoms with van der Waals surface area (Å²) >= 11 is 0. The molecule has 0 aliphatic carbocycles. The number of aromatic nitrogens is 6. The minimum Gasteiger partial charge on any atom is -0.439 e. The molecular formula is C25H29FN8O3. The van der Waals surface area contributed by atoms with Gasteiger partial charge in [0.05, 0.1) is 30.1 Å². The van der Waals surface area contributed by atoms with E-state index in [1.54, 1.807) is 33.6 Å². The zero-order valence-corrected chi connectivity index (χ0v) is 21.4. The number of nitrogens with zero attached hydrogens (tertiary/aromatic N) is 6. The summed E-state index contributed by atoms with van der Waals surface area (Å²) in [5.41, 5.74) is 1.40. The van der Waals surface area contributed by atoms with Gasteiger partial charge >= 0.3 is 0 Å². The molecule has 0 aromatic carbocycles. The zero-order valence-electron chi connectivity index (χ0n) is 21.4. The number of nitrogens with one attached hydrogen (secondary N) is 2. The Bertz CT molecular complexity index is 1470. The molecule has 0 radical (unpaired) electrons. The van der Waals surface area contributed by atoms with Gasteiger partial charge in [0.1, 0.15) is 17.1 Å². The van der Waals surface area contributed by atoms with Crippen molar-refractivity contribution >= 4 is 34.5 Å². The number of carbonyl (C=O) groups is 1. The number of amides is 1. The van der Waals surface area contributed by atoms with E-state index in [4.69, 9.17) is 9.47 Å². The van der Waals surface area contributed by atoms with Crippen LogP contribution in [-0.4, -0.2) is 48.4 Å². The predicted octanol–water partition coefficient (Wildman–Crippen LogP) is 4.45. The summed E-state index contributed by atoms with van der Waals surface area (Å²) in [4.78, 5) is 24.3. The van der Waals surface area contributed by atoms with Gasteiger partial charge in [0.15, 0.2) is 11.6 Å². The van der Waals surface area contributed by atoms with Gasteiger partial charge in [-0.25, -0.2) is 19.3 Å². The number of ether oxygens (including phenoxy) is 2. The van der Waals surface area contributed by atoms with Gasteiger partial charge in [0.2, 0.25) is 17.7 Å². The second-order valence-electron chi connectivity index (χ2n) is 10.0. The number of imidazole rings is 1. The average molecular weight is 509 g/mol. The van der Waals surface area contributed by atoms with Crippen LogP contribution in [0, 0.1) is 5.82 Å². The van der Waals surface area contributed by atoms with E-state index < -0.39 is 11.2 Å². The second-order valence-corrected chi connectivity index (χ2v) is 10.0. The maximum atomic E-state index is 15.6. The average Bonchev–Trinajstić information content (AvgIpc) is 3.53. The minimum absolute atomic E-state index is 0.0111. The molecule has 2 N–H and O–H groups in total. The molecule has 1 amide bonds. The molecular weight excluding hydrogens is 479 g/mol. The lowest BCUT2D eigenvalue weighted by Crippen LogP contribution is -2.23. The van der Waals surface area contributed by atoms with Crippen molar-refractivity contribution in [3.05, 3.63) is 42.1 Å².